The number of nitrogens with one attached hydrogen (secondary N) is 2. The van der Waals surface area contributed by atoms with Crippen LogP contribution < -0.4 is 44.8 Å². The fourth-order valence-corrected chi connectivity index (χ4v) is 8.77. The number of ether oxygens (including phenoxy) is 10. The van der Waals surface area contributed by atoms with Gasteiger partial charge >= 0.3 is 30.2 Å². The molecule has 0 saturated heterocycles. The lowest BCUT2D eigenvalue weighted by Gasteiger charge is -2.21. The van der Waals surface area contributed by atoms with Crippen LogP contribution in [0, 0.1) is 0 Å². The Morgan fingerprint density at radius 3 is 1.21 bits per heavy atom. The molecule has 0 unspecified atom stereocenters. The number of phenols is 1. The molecule has 91 heavy (non-hydrogen) atoms. The Hall–Kier alpha value is -10.9. The Morgan fingerprint density at radius 1 is 0.407 bits per heavy atom. The molecule has 20 heteroatoms. The van der Waals surface area contributed by atoms with E-state index in [1.807, 2.05) is 63.2 Å². The quantitative estimate of drug-likeness (QED) is 0.0329. The van der Waals surface area contributed by atoms with E-state index in [1.165, 1.54) is 6.07 Å². The zero-order chi connectivity index (χ0) is 66.0. The lowest BCUT2D eigenvalue weighted by molar-refractivity contribution is 0.00581. The average molecular weight is 1240 g/mol. The fourth-order valence-electron chi connectivity index (χ4n) is 8.77. The molecule has 10 rings (SSSR count). The Kier molecular flexibility index (Phi) is 20.1. The van der Waals surface area contributed by atoms with Crippen molar-refractivity contribution in [2.24, 2.45) is 0 Å². The van der Waals surface area contributed by atoms with Crippen molar-refractivity contribution < 1.29 is 81.6 Å². The van der Waals surface area contributed by atoms with E-state index in [2.05, 4.69) is 10.6 Å². The molecule has 2 heterocycles. The second kappa shape index (κ2) is 27.7. The minimum atomic E-state index is -1.03. The number of aromatic hydroxyl groups is 1. The van der Waals surface area contributed by atoms with Crippen LogP contribution in [0.1, 0.15) is 114 Å². The first-order valence-corrected chi connectivity index (χ1v) is 28.8. The zero-order valence-corrected chi connectivity index (χ0v) is 52.6. The normalized spacial score (nSPS) is 12.1. The standard InChI is InChI=1S/C29H31NO7.C22H27NO5.C20H15NO5/c1-28(2,3)36-26(31)22-12-10-19(15-23(22)30-20-11-13-24-25(16-20)34-17-33-24)18-8-7-9-21(14-18)35-27(32)37-29(4,5)6;1-21(2,3)27-19(24)17-11-10-15(13-18(17)23)14-8-7-9-16(12-14)26-20(25)28-22(4,5)6;22-15-3-1-2-12(8-15)13-4-6-16(20(23)24)17(9-13)21-14-5-7-18-19(10-14)26-11-25-18/h7-16,30H,17H2,1-6H3;7-13H,23H2,1-6H3;1-10,21-22H,11H2,(H,23,24). The Labute approximate surface area is 527 Å². The van der Waals surface area contributed by atoms with Gasteiger partial charge in [0.05, 0.1) is 28.1 Å². The van der Waals surface area contributed by atoms with Crippen LogP contribution in [0.25, 0.3) is 33.4 Å². The van der Waals surface area contributed by atoms with E-state index in [-0.39, 0.29) is 24.9 Å². The van der Waals surface area contributed by atoms with E-state index < -0.39 is 52.6 Å². The number of esters is 2. The highest BCUT2D eigenvalue weighted by Crippen LogP contribution is 2.39. The van der Waals surface area contributed by atoms with Crippen LogP contribution in [-0.2, 0) is 18.9 Å². The van der Waals surface area contributed by atoms with Gasteiger partial charge in [-0.2, -0.15) is 0 Å². The largest absolute Gasteiger partial charge is 0.514 e. The number of carbonyl (C=O) groups excluding carboxylic acids is 4. The van der Waals surface area contributed by atoms with Gasteiger partial charge in [0.2, 0.25) is 13.6 Å². The molecular formula is C71H73N3O17. The minimum Gasteiger partial charge on any atom is -0.508 e. The first-order chi connectivity index (χ1) is 42.8. The first kappa shape index (κ1) is 66.1. The van der Waals surface area contributed by atoms with E-state index in [0.717, 1.165) is 33.4 Å². The highest BCUT2D eigenvalue weighted by molar-refractivity contribution is 5.99. The van der Waals surface area contributed by atoms with Crippen LogP contribution in [0.15, 0.2) is 164 Å². The summed E-state index contributed by atoms with van der Waals surface area (Å²) in [5.41, 5.74) is 11.7. The Bertz CT molecular complexity index is 4000. The monoisotopic (exact) mass is 1240 g/mol. The fraction of sp³-hybridized carbons (Fsp3) is 0.254. The predicted molar refractivity (Wildman–Crippen MR) is 344 cm³/mol. The summed E-state index contributed by atoms with van der Waals surface area (Å²) in [6, 6.07) is 47.0. The highest BCUT2D eigenvalue weighted by Gasteiger charge is 2.25. The maximum Gasteiger partial charge on any atom is 0.514 e. The van der Waals surface area contributed by atoms with Crippen LogP contribution in [0.4, 0.5) is 38.0 Å². The molecule has 0 fully saturated rings. The zero-order valence-electron chi connectivity index (χ0n) is 52.6. The number of aromatic carboxylic acids is 1. The summed E-state index contributed by atoms with van der Waals surface area (Å²) >= 11 is 0. The molecule has 0 atom stereocenters. The van der Waals surface area contributed by atoms with Gasteiger partial charge < -0.3 is 73.9 Å². The molecule has 0 aromatic heterocycles. The minimum absolute atomic E-state index is 0.145. The molecule has 0 bridgehead atoms. The summed E-state index contributed by atoms with van der Waals surface area (Å²) in [4.78, 5) is 60.8. The third-order valence-electron chi connectivity index (χ3n) is 12.6. The second-order valence-electron chi connectivity index (χ2n) is 24.8. The van der Waals surface area contributed by atoms with Crippen molar-refractivity contribution in [3.63, 3.8) is 0 Å². The number of carboxylic acids is 1. The summed E-state index contributed by atoms with van der Waals surface area (Å²) in [7, 11) is 0. The number of anilines is 5. The molecule has 0 saturated carbocycles. The smallest absolute Gasteiger partial charge is 0.508 e. The number of nitrogens with two attached hydrogens (primary N) is 1. The molecule has 474 valence electrons. The van der Waals surface area contributed by atoms with E-state index >= 15 is 0 Å². The summed E-state index contributed by atoms with van der Waals surface area (Å²) in [5.74, 6) is 1.42. The van der Waals surface area contributed by atoms with E-state index in [1.54, 1.807) is 178 Å². The summed E-state index contributed by atoms with van der Waals surface area (Å²) in [6.45, 7) is 21.8. The third-order valence-corrected chi connectivity index (χ3v) is 12.6. The number of benzene rings is 8. The predicted octanol–water partition coefficient (Wildman–Crippen LogP) is 16.5. The van der Waals surface area contributed by atoms with Gasteiger partial charge in [-0.05, 0) is 214 Å². The molecule has 0 spiro atoms. The molecule has 6 N–H and O–H groups in total. The van der Waals surface area contributed by atoms with Crippen molar-refractivity contribution in [2.75, 3.05) is 30.0 Å². The second-order valence-corrected chi connectivity index (χ2v) is 24.8. The van der Waals surface area contributed by atoms with Crippen molar-refractivity contribution in [1.29, 1.82) is 0 Å². The average Bonchev–Trinajstić information content (AvgIpc) is 1.97. The van der Waals surface area contributed by atoms with Crippen molar-refractivity contribution in [3.8, 4) is 73.6 Å². The number of carboxylic acid groups (broad SMARTS) is 1. The molecule has 0 amide bonds. The summed E-state index contributed by atoms with van der Waals surface area (Å²) < 4.78 is 53.5. The Balaban J connectivity index is 0.000000179. The van der Waals surface area contributed by atoms with Gasteiger partial charge in [0, 0.05) is 29.2 Å². The van der Waals surface area contributed by atoms with Crippen LogP contribution in [0.3, 0.4) is 0 Å². The number of rotatable bonds is 12. The molecule has 2 aliphatic rings. The number of carbonyl (C=O) groups is 5. The SMILES string of the molecule is CC(C)(C)OC(=O)Oc1cccc(-c2ccc(C(=O)OC(C)(C)C)c(N)c2)c1.CC(C)(C)OC(=O)Oc1cccc(-c2ccc(C(=O)OC(C)(C)C)c(Nc3ccc4c(c3)OCO4)c2)c1.O=C(O)c1ccc(-c2cccc(O)c2)cc1Nc1ccc2c(c1)OCO2. The molecular weight excluding hydrogens is 1170 g/mol. The molecule has 0 radical (unpaired) electrons. The van der Waals surface area contributed by atoms with E-state index in [9.17, 15) is 34.2 Å². The van der Waals surface area contributed by atoms with Crippen LogP contribution in [0.2, 0.25) is 0 Å². The number of hydrogen-bond acceptors (Lipinski definition) is 19. The number of nitrogen functional groups attached to an aromatic ring is 1. The van der Waals surface area contributed by atoms with Gasteiger partial charge in [-0.1, -0.05) is 54.6 Å². The highest BCUT2D eigenvalue weighted by atomic mass is 16.7. The Morgan fingerprint density at radius 2 is 0.780 bits per heavy atom. The van der Waals surface area contributed by atoms with Crippen molar-refractivity contribution in [2.45, 2.75) is 105 Å². The van der Waals surface area contributed by atoms with Gasteiger partial charge in [0.25, 0.3) is 0 Å². The number of fused-ring (bicyclic) bond motifs is 2. The molecule has 2 aliphatic heterocycles. The first-order valence-electron chi connectivity index (χ1n) is 28.8. The van der Waals surface area contributed by atoms with Crippen molar-refractivity contribution in [3.05, 3.63) is 180 Å². The van der Waals surface area contributed by atoms with Gasteiger partial charge in [-0.15, -0.1) is 0 Å². The molecule has 8 aromatic rings. The van der Waals surface area contributed by atoms with Crippen molar-refractivity contribution in [1.82, 2.24) is 0 Å². The topological polar surface area (TPSA) is 268 Å². The third kappa shape index (κ3) is 19.3. The van der Waals surface area contributed by atoms with E-state index in [0.29, 0.717) is 74.1 Å². The van der Waals surface area contributed by atoms with Gasteiger partial charge in [0.1, 0.15) is 39.7 Å². The summed E-state index contributed by atoms with van der Waals surface area (Å²) in [6.07, 6.45) is -1.56. The van der Waals surface area contributed by atoms with Gasteiger partial charge in [-0.3, -0.25) is 0 Å². The van der Waals surface area contributed by atoms with Crippen LogP contribution >= 0.6 is 0 Å². The van der Waals surface area contributed by atoms with Gasteiger partial charge in [0.15, 0.2) is 23.0 Å². The number of phenolic OH excluding ortho intramolecular Hbond substituents is 1. The van der Waals surface area contributed by atoms with E-state index in [4.69, 9.17) is 53.1 Å². The molecule has 20 nitrogen and oxygen atoms in total. The lowest BCUT2D eigenvalue weighted by Crippen LogP contribution is -2.26. The molecule has 0 aliphatic carbocycles. The van der Waals surface area contributed by atoms with Gasteiger partial charge in [-0.25, -0.2) is 24.0 Å². The number of hydrogen-bond donors (Lipinski definition) is 5. The maximum absolute atomic E-state index is 13.0. The molecule has 8 aromatic carbocycles. The maximum atomic E-state index is 13.0. The van der Waals surface area contributed by atoms with Crippen LogP contribution in [-0.4, -0.2) is 76.4 Å². The summed E-state index contributed by atoms with van der Waals surface area (Å²) in [5, 5.41) is 25.6. The van der Waals surface area contributed by atoms with Crippen LogP contribution in [0.5, 0.6) is 40.2 Å². The lowest BCUT2D eigenvalue weighted by atomic mass is 10.0. The van der Waals surface area contributed by atoms with Crippen molar-refractivity contribution >= 4 is 58.7 Å².